The van der Waals surface area contributed by atoms with Gasteiger partial charge in [-0.2, -0.15) is 0 Å². The molecule has 1 atom stereocenters. The maximum Gasteiger partial charge on any atom is 0.237 e. The van der Waals surface area contributed by atoms with Crippen LogP contribution in [0, 0.1) is 0 Å². The van der Waals surface area contributed by atoms with E-state index >= 15 is 0 Å². The summed E-state index contributed by atoms with van der Waals surface area (Å²) in [6, 6.07) is 3.39. The van der Waals surface area contributed by atoms with E-state index < -0.39 is 0 Å². The normalized spacial score (nSPS) is 12.2. The zero-order valence-corrected chi connectivity index (χ0v) is 11.5. The van der Waals surface area contributed by atoms with Gasteiger partial charge in [-0.1, -0.05) is 5.21 Å². The number of nitrogens with zero attached hydrogens (tertiary/aromatic N) is 3. The number of nitrogens with one attached hydrogen (secondary N) is 2. The number of aromatic nitrogens is 3. The highest BCUT2D eigenvalue weighted by Gasteiger charge is 2.11. The molecule has 2 rings (SSSR count). The minimum absolute atomic E-state index is 0.0397. The molecule has 0 aliphatic heterocycles. The van der Waals surface area contributed by atoms with Crippen molar-refractivity contribution < 1.29 is 9.21 Å². The van der Waals surface area contributed by atoms with Crippen molar-refractivity contribution in [1.29, 1.82) is 0 Å². The summed E-state index contributed by atoms with van der Waals surface area (Å²) in [6.45, 7) is 3.78. The van der Waals surface area contributed by atoms with E-state index in [2.05, 4.69) is 20.9 Å². The average Bonchev–Trinajstić information content (AvgIpc) is 3.13. The van der Waals surface area contributed by atoms with Crippen molar-refractivity contribution >= 4 is 5.91 Å². The smallest absolute Gasteiger partial charge is 0.237 e. The van der Waals surface area contributed by atoms with Gasteiger partial charge in [0.25, 0.3) is 0 Å². The predicted octanol–water partition coefficient (Wildman–Crippen LogP) is 0.556. The van der Waals surface area contributed by atoms with Crippen LogP contribution in [0.2, 0.25) is 0 Å². The molecule has 0 aromatic carbocycles. The van der Waals surface area contributed by atoms with Crippen LogP contribution in [0.5, 0.6) is 0 Å². The largest absolute Gasteiger partial charge is 0.467 e. The lowest BCUT2D eigenvalue weighted by molar-refractivity contribution is -0.123. The molecule has 1 unspecified atom stereocenters. The maximum absolute atomic E-state index is 11.8. The highest BCUT2D eigenvalue weighted by molar-refractivity contribution is 5.81. The van der Waals surface area contributed by atoms with Crippen LogP contribution < -0.4 is 10.6 Å². The molecule has 2 aromatic heterocycles. The first-order valence-corrected chi connectivity index (χ1v) is 6.63. The minimum atomic E-state index is -0.235. The van der Waals surface area contributed by atoms with Crippen molar-refractivity contribution in [1.82, 2.24) is 25.6 Å². The van der Waals surface area contributed by atoms with Crippen molar-refractivity contribution in [3.8, 4) is 0 Å². The molecule has 20 heavy (non-hydrogen) atoms. The molecule has 0 saturated heterocycles. The van der Waals surface area contributed by atoms with Crippen LogP contribution >= 0.6 is 0 Å². The number of hydrogen-bond donors (Lipinski definition) is 2. The SMILES string of the molecule is CC(NCCCn1ccnn1)C(=O)NCc1ccco1. The Morgan fingerprint density at radius 2 is 2.45 bits per heavy atom. The third-order valence-corrected chi connectivity index (χ3v) is 2.90. The number of aryl methyl sites for hydroxylation is 1. The quantitative estimate of drug-likeness (QED) is 0.689. The van der Waals surface area contributed by atoms with E-state index in [4.69, 9.17) is 4.42 Å². The minimum Gasteiger partial charge on any atom is -0.467 e. The zero-order valence-electron chi connectivity index (χ0n) is 11.5. The molecule has 0 aliphatic rings. The third kappa shape index (κ3) is 4.51. The fraction of sp³-hybridized carbons (Fsp3) is 0.462. The van der Waals surface area contributed by atoms with E-state index in [1.807, 2.05) is 19.2 Å². The Morgan fingerprint density at radius 1 is 1.55 bits per heavy atom. The summed E-state index contributed by atoms with van der Waals surface area (Å²) in [6.07, 6.45) is 5.95. The van der Waals surface area contributed by atoms with Crippen LogP contribution in [-0.4, -0.2) is 33.5 Å². The van der Waals surface area contributed by atoms with Crippen molar-refractivity contribution in [3.63, 3.8) is 0 Å². The monoisotopic (exact) mass is 277 g/mol. The van der Waals surface area contributed by atoms with Crippen molar-refractivity contribution in [3.05, 3.63) is 36.5 Å². The van der Waals surface area contributed by atoms with Gasteiger partial charge < -0.3 is 15.1 Å². The highest BCUT2D eigenvalue weighted by atomic mass is 16.3. The molecule has 0 radical (unpaired) electrons. The van der Waals surface area contributed by atoms with E-state index in [1.54, 1.807) is 23.2 Å². The Kier molecular flexibility index (Phi) is 5.31. The molecule has 2 N–H and O–H groups in total. The van der Waals surface area contributed by atoms with Crippen LogP contribution in [-0.2, 0) is 17.9 Å². The van der Waals surface area contributed by atoms with Crippen LogP contribution in [0.25, 0.3) is 0 Å². The fourth-order valence-electron chi connectivity index (χ4n) is 1.74. The Balaban J connectivity index is 1.58. The van der Waals surface area contributed by atoms with Gasteiger partial charge in [-0.25, -0.2) is 0 Å². The molecular formula is C13H19N5O2. The Bertz CT molecular complexity index is 495. The molecule has 0 fully saturated rings. The van der Waals surface area contributed by atoms with E-state index in [1.165, 1.54) is 0 Å². The lowest BCUT2D eigenvalue weighted by atomic mass is 10.3. The van der Waals surface area contributed by atoms with Gasteiger partial charge in [0.1, 0.15) is 5.76 Å². The number of rotatable bonds is 8. The summed E-state index contributed by atoms with van der Waals surface area (Å²) in [7, 11) is 0. The molecule has 2 heterocycles. The van der Waals surface area contributed by atoms with Gasteiger partial charge in [0.15, 0.2) is 0 Å². The van der Waals surface area contributed by atoms with Crippen LogP contribution in [0.1, 0.15) is 19.1 Å². The van der Waals surface area contributed by atoms with Gasteiger partial charge in [-0.15, -0.1) is 5.10 Å². The fourth-order valence-corrected chi connectivity index (χ4v) is 1.74. The van der Waals surface area contributed by atoms with E-state index in [0.29, 0.717) is 6.54 Å². The van der Waals surface area contributed by atoms with Crippen LogP contribution in [0.4, 0.5) is 0 Å². The van der Waals surface area contributed by atoms with E-state index in [9.17, 15) is 4.79 Å². The number of carbonyl (C=O) groups excluding carboxylic acids is 1. The summed E-state index contributed by atoms with van der Waals surface area (Å²) in [5.41, 5.74) is 0. The molecule has 108 valence electrons. The molecule has 7 heteroatoms. The lowest BCUT2D eigenvalue weighted by Gasteiger charge is -2.13. The highest BCUT2D eigenvalue weighted by Crippen LogP contribution is 1.98. The van der Waals surface area contributed by atoms with Gasteiger partial charge >= 0.3 is 0 Å². The molecule has 0 saturated carbocycles. The second-order valence-electron chi connectivity index (χ2n) is 4.49. The van der Waals surface area contributed by atoms with Gasteiger partial charge in [0.2, 0.25) is 5.91 Å². The summed E-state index contributed by atoms with van der Waals surface area (Å²) in [4.78, 5) is 11.8. The van der Waals surface area contributed by atoms with Gasteiger partial charge in [0, 0.05) is 12.7 Å². The first-order chi connectivity index (χ1) is 9.75. The third-order valence-electron chi connectivity index (χ3n) is 2.90. The van der Waals surface area contributed by atoms with Gasteiger partial charge in [0.05, 0.1) is 25.0 Å². The van der Waals surface area contributed by atoms with E-state index in [-0.39, 0.29) is 11.9 Å². The zero-order chi connectivity index (χ0) is 14.2. The van der Waals surface area contributed by atoms with Gasteiger partial charge in [-0.05, 0) is 32.0 Å². The van der Waals surface area contributed by atoms with Crippen molar-refractivity contribution in [2.45, 2.75) is 32.5 Å². The summed E-state index contributed by atoms with van der Waals surface area (Å²) in [5.74, 6) is 0.707. The van der Waals surface area contributed by atoms with Gasteiger partial charge in [-0.3, -0.25) is 9.48 Å². The molecule has 0 bridgehead atoms. The Labute approximate surface area is 117 Å². The number of amides is 1. The topological polar surface area (TPSA) is 85.0 Å². The van der Waals surface area contributed by atoms with Crippen LogP contribution in [0.15, 0.2) is 35.2 Å². The average molecular weight is 277 g/mol. The first kappa shape index (κ1) is 14.3. The number of carbonyl (C=O) groups is 1. The van der Waals surface area contributed by atoms with E-state index in [0.717, 1.165) is 25.3 Å². The second-order valence-corrected chi connectivity index (χ2v) is 4.49. The predicted molar refractivity (Wildman–Crippen MR) is 72.7 cm³/mol. The molecular weight excluding hydrogens is 258 g/mol. The molecule has 0 aliphatic carbocycles. The number of furan rings is 1. The first-order valence-electron chi connectivity index (χ1n) is 6.63. The molecule has 7 nitrogen and oxygen atoms in total. The Hall–Kier alpha value is -2.15. The Morgan fingerprint density at radius 3 is 3.15 bits per heavy atom. The summed E-state index contributed by atoms with van der Waals surface area (Å²) in [5, 5.41) is 13.6. The summed E-state index contributed by atoms with van der Waals surface area (Å²) < 4.78 is 6.92. The lowest BCUT2D eigenvalue weighted by Crippen LogP contribution is -2.42. The molecule has 1 amide bonds. The van der Waals surface area contributed by atoms with Crippen LogP contribution in [0.3, 0.4) is 0 Å². The molecule has 2 aromatic rings. The maximum atomic E-state index is 11.8. The van der Waals surface area contributed by atoms with Crippen molar-refractivity contribution in [2.75, 3.05) is 6.54 Å². The standard InChI is InChI=1S/C13H19N5O2/c1-11(13(19)15-10-12-4-2-9-20-12)14-5-3-7-18-8-6-16-17-18/h2,4,6,8-9,11,14H,3,5,7,10H2,1H3,(H,15,19). The van der Waals surface area contributed by atoms with Crippen molar-refractivity contribution in [2.24, 2.45) is 0 Å². The summed E-state index contributed by atoms with van der Waals surface area (Å²) >= 11 is 0. The molecule has 0 spiro atoms. The second kappa shape index (κ2) is 7.44. The number of hydrogen-bond acceptors (Lipinski definition) is 5.